The molecule has 24 heavy (non-hydrogen) atoms. The van der Waals surface area contributed by atoms with Crippen LogP contribution in [0.1, 0.15) is 18.4 Å². The maximum atomic E-state index is 11.6. The molecule has 1 amide bonds. The number of amides is 1. The number of esters is 1. The van der Waals surface area contributed by atoms with E-state index in [-0.39, 0.29) is 12.5 Å². The summed E-state index contributed by atoms with van der Waals surface area (Å²) in [5.41, 5.74) is 3.42. The Balaban J connectivity index is 1.79. The quantitative estimate of drug-likeness (QED) is 0.780. The van der Waals surface area contributed by atoms with Crippen molar-refractivity contribution in [3.05, 3.63) is 59.1 Å². The number of aryl methyl sites for hydroxylation is 1. The van der Waals surface area contributed by atoms with Crippen LogP contribution in [0.4, 0.5) is 0 Å². The largest absolute Gasteiger partial charge is 0.468 e. The number of halogens is 1. The zero-order chi connectivity index (χ0) is 17.4. The topological polar surface area (TPSA) is 55.4 Å². The molecule has 2 rings (SSSR count). The lowest BCUT2D eigenvalue weighted by Crippen LogP contribution is -2.29. The lowest BCUT2D eigenvalue weighted by atomic mass is 10.0. The Morgan fingerprint density at radius 1 is 1.00 bits per heavy atom. The van der Waals surface area contributed by atoms with E-state index < -0.39 is 5.97 Å². The van der Waals surface area contributed by atoms with Gasteiger partial charge >= 0.3 is 5.97 Å². The first-order chi connectivity index (χ1) is 11.6. The fraction of sp³-hybridized carbons (Fsp3) is 0.263. The summed E-state index contributed by atoms with van der Waals surface area (Å²) in [5, 5.41) is 3.25. The van der Waals surface area contributed by atoms with Crippen molar-refractivity contribution in [3.63, 3.8) is 0 Å². The molecule has 0 aliphatic carbocycles. The van der Waals surface area contributed by atoms with E-state index in [1.165, 1.54) is 12.7 Å². The predicted molar refractivity (Wildman–Crippen MR) is 94.9 cm³/mol. The second kappa shape index (κ2) is 9.08. The molecular formula is C19H20ClNO3. The molecule has 0 unspecified atom stereocenters. The van der Waals surface area contributed by atoms with Crippen molar-refractivity contribution in [2.24, 2.45) is 0 Å². The number of ether oxygens (including phenoxy) is 1. The monoisotopic (exact) mass is 345 g/mol. The SMILES string of the molecule is COC(=O)CNC(=O)CCCc1ccc(-c2ccc(Cl)cc2)cc1. The van der Waals surface area contributed by atoms with Gasteiger partial charge in [-0.2, -0.15) is 0 Å². The van der Waals surface area contributed by atoms with E-state index in [9.17, 15) is 9.59 Å². The highest BCUT2D eigenvalue weighted by atomic mass is 35.5. The number of carbonyl (C=O) groups excluding carboxylic acids is 2. The highest BCUT2D eigenvalue weighted by Crippen LogP contribution is 2.22. The maximum absolute atomic E-state index is 11.6. The molecule has 5 heteroatoms. The Kier molecular flexibility index (Phi) is 6.82. The highest BCUT2D eigenvalue weighted by molar-refractivity contribution is 6.30. The van der Waals surface area contributed by atoms with E-state index in [0.29, 0.717) is 6.42 Å². The Labute approximate surface area is 146 Å². The van der Waals surface area contributed by atoms with Gasteiger partial charge in [0.15, 0.2) is 0 Å². The summed E-state index contributed by atoms with van der Waals surface area (Å²) in [5.74, 6) is -0.584. The van der Waals surface area contributed by atoms with Crippen LogP contribution in [-0.2, 0) is 20.7 Å². The van der Waals surface area contributed by atoms with Gasteiger partial charge < -0.3 is 10.1 Å². The number of hydrogen-bond donors (Lipinski definition) is 1. The standard InChI is InChI=1S/C19H20ClNO3/c1-24-19(23)13-21-18(22)4-2-3-14-5-7-15(8-6-14)16-9-11-17(20)12-10-16/h5-12H,2-4,13H2,1H3,(H,21,22). The Morgan fingerprint density at radius 3 is 2.17 bits per heavy atom. The summed E-state index contributed by atoms with van der Waals surface area (Å²) in [6.45, 7) is -0.0783. The van der Waals surface area contributed by atoms with Crippen LogP contribution >= 0.6 is 11.6 Å². The molecule has 2 aromatic rings. The first kappa shape index (κ1) is 18.0. The van der Waals surface area contributed by atoms with Gasteiger partial charge in [0.05, 0.1) is 7.11 Å². The number of nitrogens with one attached hydrogen (secondary N) is 1. The van der Waals surface area contributed by atoms with Crippen molar-refractivity contribution in [3.8, 4) is 11.1 Å². The van der Waals surface area contributed by atoms with Gasteiger partial charge in [-0.15, -0.1) is 0 Å². The minimum absolute atomic E-state index is 0.0783. The van der Waals surface area contributed by atoms with Crippen molar-refractivity contribution in [2.45, 2.75) is 19.3 Å². The van der Waals surface area contributed by atoms with Gasteiger partial charge in [0.2, 0.25) is 5.91 Å². The molecule has 0 fully saturated rings. The molecule has 0 bridgehead atoms. The third-order valence-electron chi connectivity index (χ3n) is 3.66. The van der Waals surface area contributed by atoms with E-state index in [4.69, 9.17) is 11.6 Å². The normalized spacial score (nSPS) is 10.2. The zero-order valence-electron chi connectivity index (χ0n) is 13.5. The molecule has 0 saturated carbocycles. The summed E-state index contributed by atoms with van der Waals surface area (Å²) in [7, 11) is 1.29. The molecular weight excluding hydrogens is 326 g/mol. The summed E-state index contributed by atoms with van der Waals surface area (Å²) >= 11 is 5.90. The fourth-order valence-corrected chi connectivity index (χ4v) is 2.42. The fourth-order valence-electron chi connectivity index (χ4n) is 2.29. The first-order valence-corrected chi connectivity index (χ1v) is 8.14. The van der Waals surface area contributed by atoms with Crippen LogP contribution in [0.3, 0.4) is 0 Å². The number of methoxy groups -OCH3 is 1. The second-order valence-corrected chi connectivity index (χ2v) is 5.85. The van der Waals surface area contributed by atoms with Crippen LogP contribution in [-0.4, -0.2) is 25.5 Å². The van der Waals surface area contributed by atoms with Crippen molar-refractivity contribution in [2.75, 3.05) is 13.7 Å². The number of hydrogen-bond acceptors (Lipinski definition) is 3. The molecule has 0 spiro atoms. The Bertz CT molecular complexity index is 681. The van der Waals surface area contributed by atoms with Crippen molar-refractivity contribution >= 4 is 23.5 Å². The summed E-state index contributed by atoms with van der Waals surface area (Å²) in [4.78, 5) is 22.5. The van der Waals surface area contributed by atoms with Crippen LogP contribution in [0.5, 0.6) is 0 Å². The Morgan fingerprint density at radius 2 is 1.58 bits per heavy atom. The minimum Gasteiger partial charge on any atom is -0.468 e. The van der Waals surface area contributed by atoms with Crippen molar-refractivity contribution in [1.29, 1.82) is 0 Å². The van der Waals surface area contributed by atoms with Gasteiger partial charge in [0.1, 0.15) is 6.54 Å². The molecule has 0 heterocycles. The van der Waals surface area contributed by atoms with E-state index in [2.05, 4.69) is 34.3 Å². The summed E-state index contributed by atoms with van der Waals surface area (Å²) in [6, 6.07) is 16.0. The molecule has 2 aromatic carbocycles. The first-order valence-electron chi connectivity index (χ1n) is 7.77. The highest BCUT2D eigenvalue weighted by Gasteiger charge is 2.05. The van der Waals surface area contributed by atoms with Crippen LogP contribution in [0, 0.1) is 0 Å². The molecule has 0 saturated heterocycles. The molecule has 126 valence electrons. The van der Waals surface area contributed by atoms with E-state index in [0.717, 1.165) is 29.0 Å². The van der Waals surface area contributed by atoms with Crippen LogP contribution in [0.15, 0.2) is 48.5 Å². The Hall–Kier alpha value is -2.33. The van der Waals surface area contributed by atoms with Crippen molar-refractivity contribution < 1.29 is 14.3 Å². The average Bonchev–Trinajstić information content (AvgIpc) is 2.61. The second-order valence-electron chi connectivity index (χ2n) is 5.41. The van der Waals surface area contributed by atoms with Crippen molar-refractivity contribution in [1.82, 2.24) is 5.32 Å². The van der Waals surface area contributed by atoms with E-state index in [1.54, 1.807) is 0 Å². The molecule has 4 nitrogen and oxygen atoms in total. The lowest BCUT2D eigenvalue weighted by Gasteiger charge is -2.06. The van der Waals surface area contributed by atoms with Crippen LogP contribution in [0.2, 0.25) is 5.02 Å². The number of benzene rings is 2. The maximum Gasteiger partial charge on any atom is 0.325 e. The molecule has 0 aliphatic heterocycles. The minimum atomic E-state index is -0.443. The lowest BCUT2D eigenvalue weighted by molar-refractivity contribution is -0.141. The molecule has 0 radical (unpaired) electrons. The molecule has 0 aromatic heterocycles. The number of carbonyl (C=O) groups is 2. The third-order valence-corrected chi connectivity index (χ3v) is 3.91. The predicted octanol–water partition coefficient (Wildman–Crippen LogP) is 3.62. The van der Waals surface area contributed by atoms with Gasteiger partial charge in [-0.25, -0.2) is 0 Å². The van der Waals surface area contributed by atoms with E-state index >= 15 is 0 Å². The van der Waals surface area contributed by atoms with Gasteiger partial charge in [-0.3, -0.25) is 9.59 Å². The smallest absolute Gasteiger partial charge is 0.325 e. The summed E-state index contributed by atoms with van der Waals surface area (Å²) in [6.07, 6.45) is 1.93. The molecule has 1 N–H and O–H groups in total. The third kappa shape index (κ3) is 5.70. The number of rotatable bonds is 7. The molecule has 0 atom stereocenters. The zero-order valence-corrected chi connectivity index (χ0v) is 14.3. The summed E-state index contributed by atoms with van der Waals surface area (Å²) < 4.78 is 4.47. The van der Waals surface area contributed by atoms with Gasteiger partial charge in [-0.1, -0.05) is 48.0 Å². The van der Waals surface area contributed by atoms with Gasteiger partial charge in [0, 0.05) is 11.4 Å². The van der Waals surface area contributed by atoms with E-state index in [1.807, 2.05) is 24.3 Å². The van der Waals surface area contributed by atoms with Crippen LogP contribution < -0.4 is 5.32 Å². The average molecular weight is 346 g/mol. The molecule has 0 aliphatic rings. The van der Waals surface area contributed by atoms with Gasteiger partial charge in [0.25, 0.3) is 0 Å². The van der Waals surface area contributed by atoms with Gasteiger partial charge in [-0.05, 0) is 41.7 Å². The van der Waals surface area contributed by atoms with Crippen LogP contribution in [0.25, 0.3) is 11.1 Å².